The minimum atomic E-state index is -0.758. The summed E-state index contributed by atoms with van der Waals surface area (Å²) in [6.45, 7) is 6.13. The number of likely N-dealkylation sites (tertiary alicyclic amines) is 1. The zero-order chi connectivity index (χ0) is 23.6. The number of amides is 1. The second-order valence-electron chi connectivity index (χ2n) is 7.70. The van der Waals surface area contributed by atoms with Gasteiger partial charge in [0.2, 0.25) is 0 Å². The highest BCUT2D eigenvalue weighted by Gasteiger charge is 2.45. The molecule has 1 atom stereocenters. The van der Waals surface area contributed by atoms with Crippen LogP contribution in [0.3, 0.4) is 0 Å². The number of hydrogen-bond acceptors (Lipinski definition) is 5. The van der Waals surface area contributed by atoms with E-state index in [-0.39, 0.29) is 38.8 Å². The zero-order valence-electron chi connectivity index (χ0n) is 18.3. The van der Waals surface area contributed by atoms with Crippen molar-refractivity contribution in [2.75, 3.05) is 13.7 Å². The predicted octanol–water partition coefficient (Wildman–Crippen LogP) is 5.62. The first-order chi connectivity index (χ1) is 15.2. The molecule has 1 unspecified atom stereocenters. The molecule has 2 aromatic rings. The third kappa shape index (κ3) is 4.57. The van der Waals surface area contributed by atoms with E-state index < -0.39 is 17.7 Å². The summed E-state index contributed by atoms with van der Waals surface area (Å²) < 4.78 is 10.8. The number of nitrogens with zero attached hydrogens (tertiary/aromatic N) is 1. The Morgan fingerprint density at radius 2 is 1.72 bits per heavy atom. The molecule has 8 heteroatoms. The average Bonchev–Trinajstić information content (AvgIpc) is 2.98. The molecule has 0 aliphatic carbocycles. The Labute approximate surface area is 197 Å². The van der Waals surface area contributed by atoms with Gasteiger partial charge in [-0.3, -0.25) is 9.59 Å². The van der Waals surface area contributed by atoms with Crippen LogP contribution in [-0.4, -0.2) is 41.5 Å². The molecule has 3 rings (SSSR count). The standard InChI is InChI=1S/C24H25Cl2NO5/c1-5-10-27-20(14-6-8-16(9-7-14)32-13(2)3)19(22(29)24(27)30)21(28)15-11-17(25)23(31-4)18(26)12-15/h6-9,11-13,20,28H,5,10H2,1-4H3/b21-19+. The Morgan fingerprint density at radius 3 is 2.22 bits per heavy atom. The molecule has 32 heavy (non-hydrogen) atoms. The van der Waals surface area contributed by atoms with Crippen LogP contribution in [0.4, 0.5) is 0 Å². The largest absolute Gasteiger partial charge is 0.507 e. The number of Topliss-reactive ketones (excluding diaryl/α,β-unsaturated/α-hetero) is 1. The van der Waals surface area contributed by atoms with Crippen molar-refractivity contribution in [2.24, 2.45) is 0 Å². The highest BCUT2D eigenvalue weighted by atomic mass is 35.5. The number of rotatable bonds is 7. The summed E-state index contributed by atoms with van der Waals surface area (Å²) in [5.41, 5.74) is 0.888. The van der Waals surface area contributed by atoms with Crippen molar-refractivity contribution in [1.29, 1.82) is 0 Å². The molecule has 0 radical (unpaired) electrons. The van der Waals surface area contributed by atoms with Crippen LogP contribution in [0, 0.1) is 0 Å². The van der Waals surface area contributed by atoms with Crippen molar-refractivity contribution in [1.82, 2.24) is 4.90 Å². The minimum Gasteiger partial charge on any atom is -0.507 e. The number of methoxy groups -OCH3 is 1. The minimum absolute atomic E-state index is 0.0103. The fourth-order valence-corrected chi connectivity index (χ4v) is 4.39. The fourth-order valence-electron chi connectivity index (χ4n) is 3.75. The molecule has 0 saturated carbocycles. The van der Waals surface area contributed by atoms with Gasteiger partial charge in [-0.05, 0) is 50.1 Å². The van der Waals surface area contributed by atoms with Crippen LogP contribution < -0.4 is 9.47 Å². The normalized spacial score (nSPS) is 17.8. The molecule has 1 aliphatic heterocycles. The zero-order valence-corrected chi connectivity index (χ0v) is 19.8. The Bertz CT molecular complexity index is 1040. The lowest BCUT2D eigenvalue weighted by molar-refractivity contribution is -0.139. The van der Waals surface area contributed by atoms with E-state index in [0.29, 0.717) is 24.3 Å². The Kier molecular flexibility index (Phi) is 7.36. The Morgan fingerprint density at radius 1 is 1.12 bits per heavy atom. The van der Waals surface area contributed by atoms with Crippen molar-refractivity contribution >= 4 is 40.7 Å². The van der Waals surface area contributed by atoms with Gasteiger partial charge in [-0.15, -0.1) is 0 Å². The maximum Gasteiger partial charge on any atom is 0.295 e. The lowest BCUT2D eigenvalue weighted by Crippen LogP contribution is -2.30. The Balaban J connectivity index is 2.15. The van der Waals surface area contributed by atoms with Crippen molar-refractivity contribution < 1.29 is 24.2 Å². The van der Waals surface area contributed by atoms with E-state index in [1.165, 1.54) is 24.1 Å². The first-order valence-corrected chi connectivity index (χ1v) is 11.0. The van der Waals surface area contributed by atoms with Crippen LogP contribution >= 0.6 is 23.2 Å². The summed E-state index contributed by atoms with van der Waals surface area (Å²) in [6, 6.07) is 9.29. The van der Waals surface area contributed by atoms with Crippen LogP contribution in [0.5, 0.6) is 11.5 Å². The number of hydrogen-bond donors (Lipinski definition) is 1. The number of carbonyl (C=O) groups excluding carboxylic acids is 2. The summed E-state index contributed by atoms with van der Waals surface area (Å²) >= 11 is 12.4. The number of aliphatic hydroxyl groups is 1. The molecule has 1 saturated heterocycles. The monoisotopic (exact) mass is 477 g/mol. The molecule has 2 aromatic carbocycles. The lowest BCUT2D eigenvalue weighted by Gasteiger charge is -2.25. The maximum absolute atomic E-state index is 13.0. The number of aliphatic hydroxyl groups excluding tert-OH is 1. The van der Waals surface area contributed by atoms with E-state index in [2.05, 4.69) is 0 Å². The van der Waals surface area contributed by atoms with Gasteiger partial charge in [0.05, 0.1) is 34.9 Å². The van der Waals surface area contributed by atoms with Gasteiger partial charge in [-0.25, -0.2) is 0 Å². The summed E-state index contributed by atoms with van der Waals surface area (Å²) in [6.07, 6.45) is 0.661. The molecule has 1 amide bonds. The molecule has 0 bridgehead atoms. The Hall–Kier alpha value is -2.70. The maximum atomic E-state index is 13.0. The topological polar surface area (TPSA) is 76.1 Å². The second-order valence-corrected chi connectivity index (χ2v) is 8.52. The first kappa shape index (κ1) is 24.0. The van der Waals surface area contributed by atoms with Crippen molar-refractivity contribution in [2.45, 2.75) is 39.3 Å². The van der Waals surface area contributed by atoms with Gasteiger partial charge >= 0.3 is 0 Å². The number of carbonyl (C=O) groups is 2. The molecule has 1 aliphatic rings. The molecular weight excluding hydrogens is 453 g/mol. The van der Waals surface area contributed by atoms with E-state index in [4.69, 9.17) is 32.7 Å². The van der Waals surface area contributed by atoms with Crippen LogP contribution in [0.15, 0.2) is 42.0 Å². The number of benzene rings is 2. The van der Waals surface area contributed by atoms with Crippen LogP contribution in [0.2, 0.25) is 10.0 Å². The number of ketones is 1. The molecule has 170 valence electrons. The lowest BCUT2D eigenvalue weighted by atomic mass is 9.95. The predicted molar refractivity (Wildman–Crippen MR) is 125 cm³/mol. The third-order valence-corrected chi connectivity index (χ3v) is 5.61. The van der Waals surface area contributed by atoms with Gasteiger partial charge in [-0.1, -0.05) is 42.3 Å². The highest BCUT2D eigenvalue weighted by molar-refractivity contribution is 6.46. The van der Waals surface area contributed by atoms with Gasteiger partial charge in [0.15, 0.2) is 5.75 Å². The number of halogens is 2. The summed E-state index contributed by atoms with van der Waals surface area (Å²) in [5.74, 6) is -0.836. The van der Waals surface area contributed by atoms with Crippen LogP contribution in [0.25, 0.3) is 5.76 Å². The third-order valence-electron chi connectivity index (χ3n) is 5.05. The highest BCUT2D eigenvalue weighted by Crippen LogP contribution is 2.42. The van der Waals surface area contributed by atoms with Gasteiger partial charge in [0, 0.05) is 12.1 Å². The fraction of sp³-hybridized carbons (Fsp3) is 0.333. The second kappa shape index (κ2) is 9.84. The summed E-state index contributed by atoms with van der Waals surface area (Å²) in [4.78, 5) is 27.2. The van der Waals surface area contributed by atoms with E-state index in [9.17, 15) is 14.7 Å². The summed E-state index contributed by atoms with van der Waals surface area (Å²) in [5, 5.41) is 11.5. The molecule has 0 aromatic heterocycles. The van der Waals surface area contributed by atoms with E-state index in [1.807, 2.05) is 20.8 Å². The van der Waals surface area contributed by atoms with Gasteiger partial charge in [0.1, 0.15) is 11.5 Å². The quantitative estimate of drug-likeness (QED) is 0.318. The van der Waals surface area contributed by atoms with E-state index in [0.717, 1.165) is 0 Å². The molecule has 0 spiro atoms. The van der Waals surface area contributed by atoms with Gasteiger partial charge < -0.3 is 19.5 Å². The van der Waals surface area contributed by atoms with Crippen LogP contribution in [-0.2, 0) is 9.59 Å². The SMILES string of the molecule is CCCN1C(=O)C(=O)/C(=C(/O)c2cc(Cl)c(OC)c(Cl)c2)C1c1ccc(OC(C)C)cc1. The molecule has 1 heterocycles. The average molecular weight is 478 g/mol. The van der Waals surface area contributed by atoms with Crippen molar-refractivity contribution in [3.8, 4) is 11.5 Å². The van der Waals surface area contributed by atoms with E-state index in [1.54, 1.807) is 24.3 Å². The van der Waals surface area contributed by atoms with E-state index >= 15 is 0 Å². The van der Waals surface area contributed by atoms with Gasteiger partial charge in [-0.2, -0.15) is 0 Å². The molecule has 1 fully saturated rings. The molecular formula is C24H25Cl2NO5. The smallest absolute Gasteiger partial charge is 0.295 e. The molecule has 1 N–H and O–H groups in total. The first-order valence-electron chi connectivity index (χ1n) is 10.3. The summed E-state index contributed by atoms with van der Waals surface area (Å²) in [7, 11) is 1.43. The number of ether oxygens (including phenoxy) is 2. The van der Waals surface area contributed by atoms with Gasteiger partial charge in [0.25, 0.3) is 11.7 Å². The van der Waals surface area contributed by atoms with Crippen molar-refractivity contribution in [3.63, 3.8) is 0 Å². The van der Waals surface area contributed by atoms with Crippen molar-refractivity contribution in [3.05, 3.63) is 63.1 Å². The molecule has 6 nitrogen and oxygen atoms in total. The van der Waals surface area contributed by atoms with Crippen LogP contribution in [0.1, 0.15) is 44.4 Å².